The third kappa shape index (κ3) is 3.44. The summed E-state index contributed by atoms with van der Waals surface area (Å²) in [6.45, 7) is 1.84. The molecule has 130 valence electrons. The van der Waals surface area contributed by atoms with Crippen molar-refractivity contribution in [3.8, 4) is 0 Å². The van der Waals surface area contributed by atoms with Gasteiger partial charge in [0.15, 0.2) is 5.76 Å². The zero-order chi connectivity index (χ0) is 18.0. The first-order valence-corrected chi connectivity index (χ1v) is 7.57. The van der Waals surface area contributed by atoms with Gasteiger partial charge in [0, 0.05) is 44.0 Å². The van der Waals surface area contributed by atoms with E-state index in [2.05, 4.69) is 0 Å². The van der Waals surface area contributed by atoms with Crippen molar-refractivity contribution in [1.29, 1.82) is 0 Å². The number of carbonyl (C=O) groups excluding carboxylic acids is 1. The molecule has 25 heavy (non-hydrogen) atoms. The van der Waals surface area contributed by atoms with E-state index >= 15 is 0 Å². The van der Waals surface area contributed by atoms with Crippen LogP contribution in [0.1, 0.15) is 21.1 Å². The summed E-state index contributed by atoms with van der Waals surface area (Å²) < 4.78 is 5.03. The summed E-state index contributed by atoms with van der Waals surface area (Å²) in [5.74, 6) is -1.89. The molecule has 0 aliphatic carbocycles. The number of anilines is 1. The fraction of sp³-hybridized carbons (Fsp3) is 0.250. The molecule has 2 aromatic rings. The van der Waals surface area contributed by atoms with E-state index in [0.29, 0.717) is 26.2 Å². The van der Waals surface area contributed by atoms with Gasteiger partial charge in [0.05, 0.1) is 4.92 Å². The number of non-ortho nitro benzene ring substituents is 1. The Morgan fingerprint density at radius 3 is 2.36 bits per heavy atom. The van der Waals surface area contributed by atoms with Crippen molar-refractivity contribution < 1.29 is 24.0 Å². The molecule has 1 aromatic carbocycles. The first-order valence-electron chi connectivity index (χ1n) is 7.57. The molecule has 9 heteroatoms. The summed E-state index contributed by atoms with van der Waals surface area (Å²) >= 11 is 0. The van der Waals surface area contributed by atoms with Crippen molar-refractivity contribution in [3.05, 3.63) is 58.0 Å². The van der Waals surface area contributed by atoms with Crippen molar-refractivity contribution in [1.82, 2.24) is 4.90 Å². The zero-order valence-corrected chi connectivity index (χ0v) is 13.1. The second-order valence-electron chi connectivity index (χ2n) is 5.53. The van der Waals surface area contributed by atoms with Crippen LogP contribution in [0.2, 0.25) is 0 Å². The molecule has 0 atom stereocenters. The molecule has 0 unspecified atom stereocenters. The quantitative estimate of drug-likeness (QED) is 0.663. The highest BCUT2D eigenvalue weighted by molar-refractivity contribution is 5.93. The van der Waals surface area contributed by atoms with Gasteiger partial charge in [-0.15, -0.1) is 0 Å². The monoisotopic (exact) mass is 345 g/mol. The van der Waals surface area contributed by atoms with E-state index in [1.807, 2.05) is 4.90 Å². The summed E-state index contributed by atoms with van der Waals surface area (Å²) in [4.78, 5) is 37.1. The number of carboxylic acids is 1. The SMILES string of the molecule is O=C(O)c1ccc(C(=O)N2CCN(c3cccc([N+](=O)[O-])c3)CC2)o1. The maximum absolute atomic E-state index is 12.4. The lowest BCUT2D eigenvalue weighted by Gasteiger charge is -2.35. The minimum Gasteiger partial charge on any atom is -0.475 e. The maximum Gasteiger partial charge on any atom is 0.371 e. The average Bonchev–Trinajstić information content (AvgIpc) is 3.12. The van der Waals surface area contributed by atoms with Gasteiger partial charge < -0.3 is 19.3 Å². The van der Waals surface area contributed by atoms with Crippen LogP contribution in [0.5, 0.6) is 0 Å². The number of carboxylic acid groups (broad SMARTS) is 1. The van der Waals surface area contributed by atoms with Crippen LogP contribution in [0, 0.1) is 10.1 Å². The minimum absolute atomic E-state index is 0.0128. The molecule has 0 radical (unpaired) electrons. The average molecular weight is 345 g/mol. The van der Waals surface area contributed by atoms with Crippen molar-refractivity contribution in [3.63, 3.8) is 0 Å². The van der Waals surface area contributed by atoms with E-state index in [1.165, 1.54) is 24.3 Å². The number of nitro groups is 1. The van der Waals surface area contributed by atoms with Gasteiger partial charge in [0.1, 0.15) is 0 Å². The van der Waals surface area contributed by atoms with Crippen LogP contribution < -0.4 is 4.90 Å². The largest absolute Gasteiger partial charge is 0.475 e. The van der Waals surface area contributed by atoms with E-state index in [9.17, 15) is 19.7 Å². The summed E-state index contributed by atoms with van der Waals surface area (Å²) in [5.41, 5.74) is 0.750. The Morgan fingerprint density at radius 2 is 1.76 bits per heavy atom. The third-order valence-electron chi connectivity index (χ3n) is 4.00. The summed E-state index contributed by atoms with van der Waals surface area (Å²) in [6, 6.07) is 8.94. The topological polar surface area (TPSA) is 117 Å². The predicted octanol–water partition coefficient (Wildman–Crippen LogP) is 1.85. The Bertz CT molecular complexity index is 823. The fourth-order valence-corrected chi connectivity index (χ4v) is 2.69. The van der Waals surface area contributed by atoms with E-state index in [1.54, 1.807) is 17.0 Å². The molecule has 1 fully saturated rings. The lowest BCUT2D eigenvalue weighted by Crippen LogP contribution is -2.48. The number of rotatable bonds is 4. The van der Waals surface area contributed by atoms with Gasteiger partial charge in [-0.05, 0) is 18.2 Å². The van der Waals surface area contributed by atoms with Gasteiger partial charge >= 0.3 is 5.97 Å². The zero-order valence-electron chi connectivity index (χ0n) is 13.1. The first kappa shape index (κ1) is 16.5. The van der Waals surface area contributed by atoms with Crippen molar-refractivity contribution in [2.75, 3.05) is 31.1 Å². The Hall–Kier alpha value is -3.36. The van der Waals surface area contributed by atoms with Gasteiger partial charge in [-0.25, -0.2) is 4.79 Å². The minimum atomic E-state index is -1.23. The van der Waals surface area contributed by atoms with Crippen molar-refractivity contribution in [2.24, 2.45) is 0 Å². The lowest BCUT2D eigenvalue weighted by molar-refractivity contribution is -0.384. The molecular formula is C16H15N3O6. The van der Waals surface area contributed by atoms with Crippen LogP contribution in [-0.4, -0.2) is 53.0 Å². The Kier molecular flexibility index (Phi) is 4.38. The molecule has 0 bridgehead atoms. The molecular weight excluding hydrogens is 330 g/mol. The summed E-state index contributed by atoms with van der Waals surface area (Å²) in [7, 11) is 0. The second-order valence-corrected chi connectivity index (χ2v) is 5.53. The van der Waals surface area contributed by atoms with Crippen molar-refractivity contribution in [2.45, 2.75) is 0 Å². The van der Waals surface area contributed by atoms with Crippen LogP contribution in [0.3, 0.4) is 0 Å². The van der Waals surface area contributed by atoms with Gasteiger partial charge in [0.25, 0.3) is 11.6 Å². The first-order chi connectivity index (χ1) is 12.0. The highest BCUT2D eigenvalue weighted by Crippen LogP contribution is 2.22. The highest BCUT2D eigenvalue weighted by Gasteiger charge is 2.25. The third-order valence-corrected chi connectivity index (χ3v) is 4.00. The number of nitro benzene ring substituents is 1. The second kappa shape index (κ2) is 6.63. The highest BCUT2D eigenvalue weighted by atomic mass is 16.6. The summed E-state index contributed by atoms with van der Waals surface area (Å²) in [5, 5.41) is 19.7. The van der Waals surface area contributed by atoms with Gasteiger partial charge in [-0.3, -0.25) is 14.9 Å². The molecule has 1 saturated heterocycles. The molecule has 0 spiro atoms. The molecule has 9 nitrogen and oxygen atoms in total. The van der Waals surface area contributed by atoms with E-state index in [0.717, 1.165) is 5.69 Å². The smallest absolute Gasteiger partial charge is 0.371 e. The molecule has 1 N–H and O–H groups in total. The standard InChI is InChI=1S/C16H15N3O6/c20-15(13-4-5-14(25-13)16(21)22)18-8-6-17(7-9-18)11-2-1-3-12(10-11)19(23)24/h1-5,10H,6-9H2,(H,21,22). The normalized spacial score (nSPS) is 14.4. The van der Waals surface area contributed by atoms with Crippen LogP contribution in [0.4, 0.5) is 11.4 Å². The molecule has 1 amide bonds. The Morgan fingerprint density at radius 1 is 1.08 bits per heavy atom. The molecule has 3 rings (SSSR count). The number of hydrogen-bond acceptors (Lipinski definition) is 6. The number of benzene rings is 1. The van der Waals surface area contributed by atoms with E-state index in [4.69, 9.17) is 9.52 Å². The molecule has 2 heterocycles. The molecule has 1 aliphatic rings. The predicted molar refractivity (Wildman–Crippen MR) is 86.9 cm³/mol. The van der Waals surface area contributed by atoms with Gasteiger partial charge in [-0.2, -0.15) is 0 Å². The fourth-order valence-electron chi connectivity index (χ4n) is 2.69. The van der Waals surface area contributed by atoms with E-state index in [-0.39, 0.29) is 23.1 Å². The number of furan rings is 1. The maximum atomic E-state index is 12.4. The molecule has 0 saturated carbocycles. The Balaban J connectivity index is 1.65. The van der Waals surface area contributed by atoms with Crippen LogP contribution in [-0.2, 0) is 0 Å². The number of piperazine rings is 1. The van der Waals surface area contributed by atoms with Crippen LogP contribution in [0.15, 0.2) is 40.8 Å². The van der Waals surface area contributed by atoms with Crippen LogP contribution >= 0.6 is 0 Å². The van der Waals surface area contributed by atoms with Gasteiger partial charge in [0.2, 0.25) is 5.76 Å². The molecule has 1 aliphatic heterocycles. The number of carbonyl (C=O) groups is 2. The summed E-state index contributed by atoms with van der Waals surface area (Å²) in [6.07, 6.45) is 0. The number of hydrogen-bond donors (Lipinski definition) is 1. The number of nitrogens with zero attached hydrogens (tertiary/aromatic N) is 3. The van der Waals surface area contributed by atoms with Crippen LogP contribution in [0.25, 0.3) is 0 Å². The Labute approximate surface area is 142 Å². The number of aromatic carboxylic acids is 1. The molecule has 1 aromatic heterocycles. The van der Waals surface area contributed by atoms with E-state index < -0.39 is 10.9 Å². The van der Waals surface area contributed by atoms with Gasteiger partial charge in [-0.1, -0.05) is 6.07 Å². The van der Waals surface area contributed by atoms with Crippen molar-refractivity contribution >= 4 is 23.3 Å². The lowest BCUT2D eigenvalue weighted by atomic mass is 10.2. The number of amides is 1.